The Morgan fingerprint density at radius 1 is 1.24 bits per heavy atom. The zero-order valence-corrected chi connectivity index (χ0v) is 14.5. The topological polar surface area (TPSA) is 80.1 Å². The van der Waals surface area contributed by atoms with Crippen LogP contribution in [0.4, 0.5) is 11.5 Å². The second kappa shape index (κ2) is 5.58. The Bertz CT molecular complexity index is 973. The van der Waals surface area contributed by atoms with Crippen molar-refractivity contribution in [3.8, 4) is 0 Å². The van der Waals surface area contributed by atoms with Crippen molar-refractivity contribution in [2.75, 3.05) is 10.6 Å². The molecule has 2 aromatic heterocycles. The average Bonchev–Trinajstić information content (AvgIpc) is 3.10. The smallest absolute Gasteiger partial charge is 0.259 e. The van der Waals surface area contributed by atoms with Crippen molar-refractivity contribution < 1.29 is 9.21 Å². The number of fused-ring (bicyclic) bond motifs is 1. The molecule has 4 rings (SSSR count). The molecule has 1 amide bonds. The summed E-state index contributed by atoms with van der Waals surface area (Å²) in [4.78, 5) is 21.6. The second-order valence-corrected chi connectivity index (χ2v) is 6.96. The van der Waals surface area contributed by atoms with E-state index < -0.39 is 0 Å². The maximum absolute atomic E-state index is 12.8. The zero-order valence-electron chi connectivity index (χ0n) is 14.5. The molecule has 0 unspecified atom stereocenters. The van der Waals surface area contributed by atoms with Crippen LogP contribution in [0.5, 0.6) is 0 Å². The van der Waals surface area contributed by atoms with Gasteiger partial charge in [-0.2, -0.15) is 4.98 Å². The van der Waals surface area contributed by atoms with Crippen LogP contribution in [0.15, 0.2) is 34.9 Å². The van der Waals surface area contributed by atoms with E-state index in [0.29, 0.717) is 28.3 Å². The van der Waals surface area contributed by atoms with Crippen molar-refractivity contribution in [1.82, 2.24) is 9.97 Å². The summed E-state index contributed by atoms with van der Waals surface area (Å²) < 4.78 is 5.54. The fourth-order valence-electron chi connectivity index (χ4n) is 2.83. The standard InChI is InChI=1S/C19H20N4O2/c1-11-5-4-6-13(9-11)22-17(24)14-10-25-18-15(14)16(20-12(2)21-18)23-19(3)7-8-19/h4-6,9-10H,7-8H2,1-3H3,(H,22,24)(H,20,21,23). The van der Waals surface area contributed by atoms with E-state index in [1.165, 1.54) is 6.26 Å². The van der Waals surface area contributed by atoms with E-state index >= 15 is 0 Å². The van der Waals surface area contributed by atoms with Gasteiger partial charge in [-0.1, -0.05) is 12.1 Å². The Morgan fingerprint density at radius 3 is 2.76 bits per heavy atom. The molecular formula is C19H20N4O2. The molecule has 1 aromatic carbocycles. The number of rotatable bonds is 4. The van der Waals surface area contributed by atoms with Crippen LogP contribution in [-0.4, -0.2) is 21.4 Å². The van der Waals surface area contributed by atoms with Gasteiger partial charge in [-0.25, -0.2) is 4.98 Å². The summed E-state index contributed by atoms with van der Waals surface area (Å²) >= 11 is 0. The molecule has 2 heterocycles. The third kappa shape index (κ3) is 3.07. The lowest BCUT2D eigenvalue weighted by atomic mass is 10.1. The number of nitrogens with one attached hydrogen (secondary N) is 2. The first-order valence-corrected chi connectivity index (χ1v) is 8.36. The number of aryl methyl sites for hydroxylation is 2. The molecule has 1 aliphatic rings. The lowest BCUT2D eigenvalue weighted by Gasteiger charge is -2.14. The number of carbonyl (C=O) groups excluding carboxylic acids is 1. The highest BCUT2D eigenvalue weighted by Gasteiger charge is 2.38. The average molecular weight is 336 g/mol. The van der Waals surface area contributed by atoms with E-state index in [9.17, 15) is 4.79 Å². The van der Waals surface area contributed by atoms with E-state index in [4.69, 9.17) is 4.42 Å². The zero-order chi connectivity index (χ0) is 17.6. The fourth-order valence-corrected chi connectivity index (χ4v) is 2.83. The van der Waals surface area contributed by atoms with Crippen molar-refractivity contribution in [3.63, 3.8) is 0 Å². The molecule has 0 bridgehead atoms. The molecule has 0 spiro atoms. The summed E-state index contributed by atoms with van der Waals surface area (Å²) in [6.45, 7) is 5.94. The number of hydrogen-bond donors (Lipinski definition) is 2. The number of amides is 1. The summed E-state index contributed by atoms with van der Waals surface area (Å²) in [5.41, 5.74) is 2.72. The van der Waals surface area contributed by atoms with Gasteiger partial charge in [-0.3, -0.25) is 4.79 Å². The van der Waals surface area contributed by atoms with Crippen LogP contribution in [0.3, 0.4) is 0 Å². The number of aromatic nitrogens is 2. The van der Waals surface area contributed by atoms with Crippen LogP contribution >= 0.6 is 0 Å². The van der Waals surface area contributed by atoms with Crippen molar-refractivity contribution in [1.29, 1.82) is 0 Å². The number of benzene rings is 1. The Morgan fingerprint density at radius 2 is 2.04 bits per heavy atom. The highest BCUT2D eigenvalue weighted by molar-refractivity contribution is 6.14. The van der Waals surface area contributed by atoms with Crippen molar-refractivity contribution >= 4 is 28.5 Å². The minimum atomic E-state index is -0.235. The molecule has 1 aliphatic carbocycles. The molecule has 0 aliphatic heterocycles. The fraction of sp³-hybridized carbons (Fsp3) is 0.316. The van der Waals surface area contributed by atoms with Gasteiger partial charge in [0.2, 0.25) is 5.71 Å². The molecule has 25 heavy (non-hydrogen) atoms. The number of hydrogen-bond acceptors (Lipinski definition) is 5. The molecule has 0 radical (unpaired) electrons. The molecule has 3 aromatic rings. The molecule has 2 N–H and O–H groups in total. The number of nitrogens with zero attached hydrogens (tertiary/aromatic N) is 2. The predicted octanol–water partition coefficient (Wildman–Crippen LogP) is 4.06. The van der Waals surface area contributed by atoms with Gasteiger partial charge in [-0.05, 0) is 51.3 Å². The van der Waals surface area contributed by atoms with Crippen LogP contribution in [0.2, 0.25) is 0 Å². The number of furan rings is 1. The van der Waals surface area contributed by atoms with Gasteiger partial charge in [-0.15, -0.1) is 0 Å². The van der Waals surface area contributed by atoms with E-state index in [1.807, 2.05) is 38.1 Å². The van der Waals surface area contributed by atoms with Crippen molar-refractivity contribution in [2.24, 2.45) is 0 Å². The molecular weight excluding hydrogens is 316 g/mol. The summed E-state index contributed by atoms with van der Waals surface area (Å²) in [5.74, 6) is 1.03. The van der Waals surface area contributed by atoms with Gasteiger partial charge in [0.05, 0.1) is 10.9 Å². The highest BCUT2D eigenvalue weighted by Crippen LogP contribution is 2.40. The summed E-state index contributed by atoms with van der Waals surface area (Å²) in [6.07, 6.45) is 3.62. The summed E-state index contributed by atoms with van der Waals surface area (Å²) in [7, 11) is 0. The molecule has 6 heteroatoms. The monoisotopic (exact) mass is 336 g/mol. The van der Waals surface area contributed by atoms with E-state index in [1.54, 1.807) is 0 Å². The minimum Gasteiger partial charge on any atom is -0.445 e. The van der Waals surface area contributed by atoms with Crippen LogP contribution < -0.4 is 10.6 Å². The predicted molar refractivity (Wildman–Crippen MR) is 96.9 cm³/mol. The van der Waals surface area contributed by atoms with Crippen LogP contribution in [0, 0.1) is 13.8 Å². The molecule has 0 atom stereocenters. The first kappa shape index (κ1) is 15.6. The quantitative estimate of drug-likeness (QED) is 0.751. The molecule has 1 saturated carbocycles. The van der Waals surface area contributed by atoms with Gasteiger partial charge in [0.1, 0.15) is 17.9 Å². The van der Waals surface area contributed by atoms with Crippen molar-refractivity contribution in [2.45, 2.75) is 39.2 Å². The Labute approximate surface area is 145 Å². The lowest BCUT2D eigenvalue weighted by Crippen LogP contribution is -2.19. The first-order valence-electron chi connectivity index (χ1n) is 8.36. The van der Waals surface area contributed by atoms with Crippen LogP contribution in [0.25, 0.3) is 11.1 Å². The summed E-state index contributed by atoms with van der Waals surface area (Å²) in [6, 6.07) is 7.67. The minimum absolute atomic E-state index is 0.0370. The van der Waals surface area contributed by atoms with E-state index in [0.717, 1.165) is 24.1 Å². The Kier molecular flexibility index (Phi) is 3.49. The highest BCUT2D eigenvalue weighted by atomic mass is 16.3. The second-order valence-electron chi connectivity index (χ2n) is 6.96. The SMILES string of the molecule is Cc1cccc(NC(=O)c2coc3nc(C)nc(NC4(C)CC4)c23)c1. The largest absolute Gasteiger partial charge is 0.445 e. The Balaban J connectivity index is 1.72. The van der Waals surface area contributed by atoms with Gasteiger partial charge < -0.3 is 15.1 Å². The van der Waals surface area contributed by atoms with Gasteiger partial charge >= 0.3 is 0 Å². The van der Waals surface area contributed by atoms with Crippen LogP contribution in [0.1, 0.15) is 41.5 Å². The number of carbonyl (C=O) groups is 1. The summed E-state index contributed by atoms with van der Waals surface area (Å²) in [5, 5.41) is 6.98. The third-order valence-electron chi connectivity index (χ3n) is 4.49. The van der Waals surface area contributed by atoms with Gasteiger partial charge in [0.25, 0.3) is 5.91 Å². The first-order chi connectivity index (χ1) is 11.9. The Hall–Kier alpha value is -2.89. The maximum Gasteiger partial charge on any atom is 0.259 e. The molecule has 0 saturated heterocycles. The molecule has 6 nitrogen and oxygen atoms in total. The van der Waals surface area contributed by atoms with E-state index in [2.05, 4.69) is 27.5 Å². The van der Waals surface area contributed by atoms with E-state index in [-0.39, 0.29) is 11.4 Å². The van der Waals surface area contributed by atoms with Crippen LogP contribution in [-0.2, 0) is 0 Å². The molecule has 1 fully saturated rings. The van der Waals surface area contributed by atoms with Gasteiger partial charge in [0.15, 0.2) is 0 Å². The van der Waals surface area contributed by atoms with Crippen molar-refractivity contribution in [3.05, 3.63) is 47.5 Å². The normalized spacial score (nSPS) is 15.2. The maximum atomic E-state index is 12.8. The molecule has 128 valence electrons. The third-order valence-corrected chi connectivity index (χ3v) is 4.49. The van der Waals surface area contributed by atoms with Gasteiger partial charge in [0, 0.05) is 11.2 Å². The lowest BCUT2D eigenvalue weighted by molar-refractivity contribution is 0.102. The number of anilines is 2.